The molecule has 8 heteroatoms. The predicted molar refractivity (Wildman–Crippen MR) is 99.3 cm³/mol. The van der Waals surface area contributed by atoms with E-state index in [0.717, 1.165) is 28.9 Å². The van der Waals surface area contributed by atoms with E-state index in [2.05, 4.69) is 9.56 Å². The highest BCUT2D eigenvalue weighted by Crippen LogP contribution is 2.38. The zero-order chi connectivity index (χ0) is 18.3. The fraction of sp³-hybridized carbons (Fsp3) is 0.167. The van der Waals surface area contributed by atoms with Gasteiger partial charge in [0.2, 0.25) is 0 Å². The molecule has 4 rings (SSSR count). The minimum absolute atomic E-state index is 0.0503. The Hall–Kier alpha value is -2.51. The van der Waals surface area contributed by atoms with Gasteiger partial charge in [0.05, 0.1) is 21.3 Å². The maximum atomic E-state index is 13.7. The van der Waals surface area contributed by atoms with E-state index in [1.165, 1.54) is 29.5 Å². The molecule has 1 fully saturated rings. The minimum Gasteiger partial charge on any atom is -0.313 e. The maximum absolute atomic E-state index is 13.7. The lowest BCUT2D eigenvalue weighted by Crippen LogP contribution is -2.14. The van der Waals surface area contributed by atoms with Crippen molar-refractivity contribution in [3.63, 3.8) is 0 Å². The van der Waals surface area contributed by atoms with E-state index < -0.39 is 10.7 Å². The molecule has 1 aliphatic rings. The van der Waals surface area contributed by atoms with Crippen LogP contribution in [-0.4, -0.2) is 9.49 Å². The van der Waals surface area contributed by atoms with E-state index in [1.54, 1.807) is 18.2 Å². The number of benzene rings is 2. The van der Waals surface area contributed by atoms with Crippen LogP contribution in [0.15, 0.2) is 52.8 Å². The maximum Gasteiger partial charge on any atom is 0.270 e. The molecule has 1 aromatic heterocycles. The molecule has 132 valence electrons. The number of nitro benzene ring substituents is 1. The average molecular weight is 390 g/mol. The normalized spacial score (nSPS) is 14.6. The van der Waals surface area contributed by atoms with E-state index in [1.807, 2.05) is 11.4 Å². The largest absolute Gasteiger partial charge is 0.313 e. The van der Waals surface area contributed by atoms with Crippen LogP contribution >= 0.6 is 22.9 Å². The number of nitro groups is 1. The van der Waals surface area contributed by atoms with Gasteiger partial charge in [-0.1, -0.05) is 23.7 Å². The van der Waals surface area contributed by atoms with E-state index in [4.69, 9.17) is 11.6 Å². The highest BCUT2D eigenvalue weighted by Gasteiger charge is 2.27. The molecule has 0 atom stereocenters. The summed E-state index contributed by atoms with van der Waals surface area (Å²) in [6, 6.07) is 11.3. The first kappa shape index (κ1) is 16.9. The monoisotopic (exact) mass is 389 g/mol. The molecule has 1 heterocycles. The Kier molecular flexibility index (Phi) is 4.34. The third kappa shape index (κ3) is 3.27. The molecule has 0 unspecified atom stereocenters. The van der Waals surface area contributed by atoms with Crippen LogP contribution in [0.3, 0.4) is 0 Å². The number of halogens is 2. The van der Waals surface area contributed by atoms with Crippen molar-refractivity contribution in [3.8, 4) is 11.3 Å². The lowest BCUT2D eigenvalue weighted by atomic mass is 10.1. The smallest absolute Gasteiger partial charge is 0.270 e. The van der Waals surface area contributed by atoms with Gasteiger partial charge in [0, 0.05) is 35.2 Å². The van der Waals surface area contributed by atoms with Crippen molar-refractivity contribution in [1.29, 1.82) is 0 Å². The van der Waals surface area contributed by atoms with Gasteiger partial charge in [-0.15, -0.1) is 11.3 Å². The SMILES string of the molecule is O=[N+]([O-])c1cccc(-c2csc(=Nc3ccc(Cl)c(F)c3)n2C2CC2)c1. The second-order valence-corrected chi connectivity index (χ2v) is 7.27. The van der Waals surface area contributed by atoms with Gasteiger partial charge in [0.1, 0.15) is 5.82 Å². The molecule has 0 spiro atoms. The van der Waals surface area contributed by atoms with E-state index in [9.17, 15) is 14.5 Å². The predicted octanol–water partition coefficient (Wildman–Crippen LogP) is 5.48. The number of aromatic nitrogens is 1. The van der Waals surface area contributed by atoms with Crippen molar-refractivity contribution in [2.75, 3.05) is 0 Å². The molecule has 2 aromatic carbocycles. The van der Waals surface area contributed by atoms with Gasteiger partial charge < -0.3 is 4.57 Å². The summed E-state index contributed by atoms with van der Waals surface area (Å²) in [6.07, 6.45) is 2.06. The van der Waals surface area contributed by atoms with Crippen molar-refractivity contribution >= 4 is 34.3 Å². The molecule has 0 N–H and O–H groups in total. The Morgan fingerprint density at radius 1 is 1.27 bits per heavy atom. The Morgan fingerprint density at radius 3 is 2.77 bits per heavy atom. The highest BCUT2D eigenvalue weighted by molar-refractivity contribution is 7.07. The minimum atomic E-state index is -0.513. The van der Waals surface area contributed by atoms with Crippen LogP contribution in [0.25, 0.3) is 11.3 Å². The molecule has 3 aromatic rings. The van der Waals surface area contributed by atoms with Crippen LogP contribution in [-0.2, 0) is 0 Å². The van der Waals surface area contributed by atoms with Crippen LogP contribution in [0.4, 0.5) is 15.8 Å². The van der Waals surface area contributed by atoms with Crippen LogP contribution in [0, 0.1) is 15.9 Å². The zero-order valence-corrected chi connectivity index (χ0v) is 15.0. The van der Waals surface area contributed by atoms with E-state index in [-0.39, 0.29) is 10.7 Å². The van der Waals surface area contributed by atoms with E-state index in [0.29, 0.717) is 11.7 Å². The Bertz CT molecular complexity index is 1070. The van der Waals surface area contributed by atoms with Gasteiger partial charge in [0.15, 0.2) is 4.80 Å². The molecule has 0 bridgehead atoms. The van der Waals surface area contributed by atoms with Gasteiger partial charge in [0.25, 0.3) is 5.69 Å². The first-order chi connectivity index (χ1) is 12.5. The number of thiazole rings is 1. The molecular formula is C18H13ClFN3O2S. The zero-order valence-electron chi connectivity index (χ0n) is 13.4. The van der Waals surface area contributed by atoms with Crippen molar-refractivity contribution in [1.82, 2.24) is 4.57 Å². The molecule has 0 amide bonds. The number of hydrogen-bond acceptors (Lipinski definition) is 4. The Balaban J connectivity index is 1.83. The lowest BCUT2D eigenvalue weighted by molar-refractivity contribution is -0.384. The van der Waals surface area contributed by atoms with Crippen molar-refractivity contribution in [3.05, 3.63) is 73.6 Å². The summed E-state index contributed by atoms with van der Waals surface area (Å²) in [7, 11) is 0. The highest BCUT2D eigenvalue weighted by atomic mass is 35.5. The van der Waals surface area contributed by atoms with E-state index >= 15 is 0 Å². The topological polar surface area (TPSA) is 60.4 Å². The summed E-state index contributed by atoms with van der Waals surface area (Å²) >= 11 is 7.16. The summed E-state index contributed by atoms with van der Waals surface area (Å²) in [6.45, 7) is 0. The number of rotatable bonds is 4. The van der Waals surface area contributed by atoms with Gasteiger partial charge in [-0.3, -0.25) is 10.1 Å². The fourth-order valence-electron chi connectivity index (χ4n) is 2.74. The summed E-state index contributed by atoms with van der Waals surface area (Å²) in [5.41, 5.74) is 2.18. The molecule has 0 saturated heterocycles. The van der Waals surface area contributed by atoms with Gasteiger partial charge in [-0.05, 0) is 25.0 Å². The van der Waals surface area contributed by atoms with Gasteiger partial charge in [-0.25, -0.2) is 9.38 Å². The molecule has 0 aliphatic heterocycles. The second kappa shape index (κ2) is 6.66. The standard InChI is InChI=1S/C18H13ClFN3O2S/c19-15-7-4-12(9-16(15)20)21-18-22(13-5-6-13)17(10-26-18)11-2-1-3-14(8-11)23(24)25/h1-4,7-10,13H,5-6H2. The summed E-state index contributed by atoms with van der Waals surface area (Å²) < 4.78 is 15.8. The van der Waals surface area contributed by atoms with Crippen molar-refractivity contribution in [2.45, 2.75) is 18.9 Å². The second-order valence-electron chi connectivity index (χ2n) is 6.02. The molecule has 0 radical (unpaired) electrons. The van der Waals surface area contributed by atoms with Crippen molar-refractivity contribution in [2.24, 2.45) is 4.99 Å². The van der Waals surface area contributed by atoms with Crippen LogP contribution in [0.2, 0.25) is 5.02 Å². The summed E-state index contributed by atoms with van der Waals surface area (Å²) in [5.74, 6) is -0.513. The van der Waals surface area contributed by atoms with Crippen molar-refractivity contribution < 1.29 is 9.31 Å². The number of hydrogen-bond donors (Lipinski definition) is 0. The first-order valence-corrected chi connectivity index (χ1v) is 9.23. The molecular weight excluding hydrogens is 377 g/mol. The van der Waals surface area contributed by atoms with Crippen LogP contribution < -0.4 is 4.80 Å². The number of nitrogens with zero attached hydrogens (tertiary/aromatic N) is 3. The van der Waals surface area contributed by atoms with Gasteiger partial charge >= 0.3 is 0 Å². The molecule has 5 nitrogen and oxygen atoms in total. The fourth-order valence-corrected chi connectivity index (χ4v) is 3.85. The molecule has 26 heavy (non-hydrogen) atoms. The molecule has 1 saturated carbocycles. The quantitative estimate of drug-likeness (QED) is 0.438. The number of non-ortho nitro benzene ring substituents is 1. The third-order valence-electron chi connectivity index (χ3n) is 4.13. The van der Waals surface area contributed by atoms with Gasteiger partial charge in [-0.2, -0.15) is 0 Å². The lowest BCUT2D eigenvalue weighted by Gasteiger charge is -2.07. The average Bonchev–Trinajstić information content (AvgIpc) is 3.38. The Morgan fingerprint density at radius 2 is 2.08 bits per heavy atom. The van der Waals surface area contributed by atoms with Crippen LogP contribution in [0.1, 0.15) is 18.9 Å². The third-order valence-corrected chi connectivity index (χ3v) is 5.28. The molecule has 1 aliphatic carbocycles. The summed E-state index contributed by atoms with van der Waals surface area (Å²) in [4.78, 5) is 15.9. The Labute approximate surface area is 157 Å². The summed E-state index contributed by atoms with van der Waals surface area (Å²) in [5, 5.41) is 13.0. The first-order valence-electron chi connectivity index (χ1n) is 7.97. The van der Waals surface area contributed by atoms with Crippen LogP contribution in [0.5, 0.6) is 0 Å².